The number of rotatable bonds is 6. The summed E-state index contributed by atoms with van der Waals surface area (Å²) in [6, 6.07) is 7.88. The maximum absolute atomic E-state index is 12.7. The molecule has 5 nitrogen and oxygen atoms in total. The smallest absolute Gasteiger partial charge is 0.224 e. The molecule has 26 heavy (non-hydrogen) atoms. The van der Waals surface area contributed by atoms with E-state index >= 15 is 0 Å². The van der Waals surface area contributed by atoms with E-state index in [0.717, 1.165) is 31.4 Å². The van der Waals surface area contributed by atoms with Crippen LogP contribution < -0.4 is 5.32 Å². The van der Waals surface area contributed by atoms with Crippen LogP contribution in [0.2, 0.25) is 0 Å². The molecule has 2 fully saturated rings. The third-order valence-electron chi connectivity index (χ3n) is 5.46. The van der Waals surface area contributed by atoms with Crippen LogP contribution in [0.4, 0.5) is 5.69 Å². The first kappa shape index (κ1) is 19.2. The molecule has 1 aromatic rings. The highest BCUT2D eigenvalue weighted by molar-refractivity contribution is 7.98. The van der Waals surface area contributed by atoms with Crippen molar-refractivity contribution in [3.63, 3.8) is 0 Å². The lowest BCUT2D eigenvalue weighted by molar-refractivity contribution is -0.138. The van der Waals surface area contributed by atoms with E-state index in [2.05, 4.69) is 5.32 Å². The quantitative estimate of drug-likeness (QED) is 0.772. The molecule has 1 aliphatic heterocycles. The minimum absolute atomic E-state index is 0.0126. The molecule has 2 aliphatic rings. The molecule has 0 unspecified atom stereocenters. The first-order valence-electron chi connectivity index (χ1n) is 9.40. The zero-order chi connectivity index (χ0) is 18.4. The molecule has 0 bridgehead atoms. The van der Waals surface area contributed by atoms with Crippen LogP contribution in [0.5, 0.6) is 0 Å². The van der Waals surface area contributed by atoms with Crippen molar-refractivity contribution >= 4 is 29.3 Å². The van der Waals surface area contributed by atoms with Crippen molar-refractivity contribution < 1.29 is 14.3 Å². The molecule has 1 heterocycles. The number of hydrogen-bond donors (Lipinski definition) is 1. The van der Waals surface area contributed by atoms with E-state index in [9.17, 15) is 9.59 Å². The van der Waals surface area contributed by atoms with Gasteiger partial charge in [-0.25, -0.2) is 0 Å². The van der Waals surface area contributed by atoms with E-state index in [1.807, 2.05) is 35.4 Å². The predicted octanol–water partition coefficient (Wildman–Crippen LogP) is 3.55. The van der Waals surface area contributed by atoms with Gasteiger partial charge >= 0.3 is 0 Å². The Balaban J connectivity index is 1.59. The molecule has 1 saturated carbocycles. The van der Waals surface area contributed by atoms with E-state index in [0.29, 0.717) is 39.1 Å². The number of amides is 2. The van der Waals surface area contributed by atoms with Crippen LogP contribution in [0.25, 0.3) is 0 Å². The first-order valence-corrected chi connectivity index (χ1v) is 10.6. The lowest BCUT2D eigenvalue weighted by atomic mass is 9.78. The highest BCUT2D eigenvalue weighted by atomic mass is 32.2. The van der Waals surface area contributed by atoms with Gasteiger partial charge in [-0.05, 0) is 48.8 Å². The standard InChI is InChI=1S/C20H28N2O3S/c1-26-17-6-4-16(5-7-17)21-18(23)14-20(8-2-3-9-20)15-19(24)22-10-12-25-13-11-22/h4-7H,2-3,8-15H2,1H3,(H,21,23). The number of benzene rings is 1. The van der Waals surface area contributed by atoms with Gasteiger partial charge in [-0.3, -0.25) is 9.59 Å². The van der Waals surface area contributed by atoms with E-state index in [-0.39, 0.29) is 17.2 Å². The average Bonchev–Trinajstić information content (AvgIpc) is 3.10. The molecular weight excluding hydrogens is 348 g/mol. The maximum atomic E-state index is 12.7. The van der Waals surface area contributed by atoms with Gasteiger partial charge in [-0.15, -0.1) is 11.8 Å². The summed E-state index contributed by atoms with van der Waals surface area (Å²) in [6.07, 6.45) is 7.06. The summed E-state index contributed by atoms with van der Waals surface area (Å²) in [7, 11) is 0. The number of anilines is 1. The zero-order valence-corrected chi connectivity index (χ0v) is 16.3. The van der Waals surface area contributed by atoms with Gasteiger partial charge in [0, 0.05) is 36.5 Å². The SMILES string of the molecule is CSc1ccc(NC(=O)CC2(CC(=O)N3CCOCC3)CCCC2)cc1. The van der Waals surface area contributed by atoms with E-state index in [1.54, 1.807) is 11.8 Å². The van der Waals surface area contributed by atoms with Crippen molar-refractivity contribution in [2.75, 3.05) is 37.9 Å². The molecule has 3 rings (SSSR count). The summed E-state index contributed by atoms with van der Waals surface area (Å²) in [6.45, 7) is 2.57. The number of morpholine rings is 1. The summed E-state index contributed by atoms with van der Waals surface area (Å²) in [5.74, 6) is 0.186. The van der Waals surface area contributed by atoms with Crippen LogP contribution in [0.1, 0.15) is 38.5 Å². The fraction of sp³-hybridized carbons (Fsp3) is 0.600. The van der Waals surface area contributed by atoms with Crippen molar-refractivity contribution in [3.05, 3.63) is 24.3 Å². The molecule has 1 aromatic carbocycles. The van der Waals surface area contributed by atoms with Crippen molar-refractivity contribution in [3.8, 4) is 0 Å². The number of ether oxygens (including phenoxy) is 1. The van der Waals surface area contributed by atoms with E-state index in [1.165, 1.54) is 4.90 Å². The average molecular weight is 377 g/mol. The van der Waals surface area contributed by atoms with Gasteiger partial charge in [0.25, 0.3) is 0 Å². The molecule has 6 heteroatoms. The summed E-state index contributed by atoms with van der Waals surface area (Å²) < 4.78 is 5.33. The zero-order valence-electron chi connectivity index (χ0n) is 15.5. The van der Waals surface area contributed by atoms with Crippen molar-refractivity contribution in [1.29, 1.82) is 0 Å². The topological polar surface area (TPSA) is 58.6 Å². The second-order valence-electron chi connectivity index (χ2n) is 7.33. The van der Waals surface area contributed by atoms with Gasteiger partial charge in [0.2, 0.25) is 11.8 Å². The van der Waals surface area contributed by atoms with Crippen LogP contribution in [-0.2, 0) is 14.3 Å². The molecule has 0 radical (unpaired) electrons. The predicted molar refractivity (Wildman–Crippen MR) is 104 cm³/mol. The van der Waals surface area contributed by atoms with Crippen molar-refractivity contribution in [1.82, 2.24) is 4.90 Å². The van der Waals surface area contributed by atoms with Gasteiger partial charge < -0.3 is 15.0 Å². The molecule has 1 aliphatic carbocycles. The third-order valence-corrected chi connectivity index (χ3v) is 6.21. The summed E-state index contributed by atoms with van der Waals surface area (Å²) in [5, 5.41) is 3.00. The van der Waals surface area contributed by atoms with E-state index < -0.39 is 0 Å². The molecular formula is C20H28N2O3S. The Labute approximate surface area is 159 Å². The Kier molecular flexibility index (Phi) is 6.59. The van der Waals surface area contributed by atoms with Crippen LogP contribution >= 0.6 is 11.8 Å². The minimum atomic E-state index is -0.182. The van der Waals surface area contributed by atoms with Crippen LogP contribution in [0.15, 0.2) is 29.2 Å². The molecule has 0 spiro atoms. The van der Waals surface area contributed by atoms with Crippen molar-refractivity contribution in [2.24, 2.45) is 5.41 Å². The maximum Gasteiger partial charge on any atom is 0.224 e. The molecule has 2 amide bonds. The lowest BCUT2D eigenvalue weighted by Gasteiger charge is -2.33. The second-order valence-corrected chi connectivity index (χ2v) is 8.21. The van der Waals surface area contributed by atoms with Crippen molar-refractivity contribution in [2.45, 2.75) is 43.4 Å². The fourth-order valence-corrected chi connectivity index (χ4v) is 4.41. The summed E-state index contributed by atoms with van der Waals surface area (Å²) >= 11 is 1.68. The van der Waals surface area contributed by atoms with Gasteiger partial charge in [0.05, 0.1) is 13.2 Å². The molecule has 0 aromatic heterocycles. The Hall–Kier alpha value is -1.53. The second kappa shape index (κ2) is 8.91. The number of nitrogens with zero attached hydrogens (tertiary/aromatic N) is 1. The Bertz CT molecular complexity index is 620. The highest BCUT2D eigenvalue weighted by Gasteiger charge is 2.39. The molecule has 1 N–H and O–H groups in total. The molecule has 142 valence electrons. The Morgan fingerprint density at radius 2 is 1.77 bits per heavy atom. The fourth-order valence-electron chi connectivity index (χ4n) is 4.01. The number of hydrogen-bond acceptors (Lipinski definition) is 4. The molecule has 1 saturated heterocycles. The number of nitrogens with one attached hydrogen (secondary N) is 1. The number of carbonyl (C=O) groups is 2. The highest BCUT2D eigenvalue weighted by Crippen LogP contribution is 2.44. The van der Waals surface area contributed by atoms with Crippen LogP contribution in [-0.4, -0.2) is 49.3 Å². The third kappa shape index (κ3) is 5.01. The summed E-state index contributed by atoms with van der Waals surface area (Å²) in [4.78, 5) is 28.4. The van der Waals surface area contributed by atoms with Crippen LogP contribution in [0, 0.1) is 5.41 Å². The Morgan fingerprint density at radius 1 is 1.12 bits per heavy atom. The van der Waals surface area contributed by atoms with Gasteiger partial charge in [0.1, 0.15) is 0 Å². The minimum Gasteiger partial charge on any atom is -0.378 e. The molecule has 0 atom stereocenters. The van der Waals surface area contributed by atoms with Gasteiger partial charge in [-0.2, -0.15) is 0 Å². The lowest BCUT2D eigenvalue weighted by Crippen LogP contribution is -2.43. The summed E-state index contributed by atoms with van der Waals surface area (Å²) in [5.41, 5.74) is 0.638. The first-order chi connectivity index (χ1) is 12.6. The normalized spacial score (nSPS) is 19.3. The largest absolute Gasteiger partial charge is 0.378 e. The monoisotopic (exact) mass is 376 g/mol. The van der Waals surface area contributed by atoms with Crippen LogP contribution in [0.3, 0.4) is 0 Å². The number of carbonyl (C=O) groups excluding carboxylic acids is 2. The number of thioether (sulfide) groups is 1. The van der Waals surface area contributed by atoms with Gasteiger partial charge in [-0.1, -0.05) is 12.8 Å². The van der Waals surface area contributed by atoms with Gasteiger partial charge in [0.15, 0.2) is 0 Å². The van der Waals surface area contributed by atoms with E-state index in [4.69, 9.17) is 4.74 Å². The Morgan fingerprint density at radius 3 is 2.38 bits per heavy atom.